The van der Waals surface area contributed by atoms with Gasteiger partial charge in [-0.2, -0.15) is 13.2 Å². The van der Waals surface area contributed by atoms with Crippen molar-refractivity contribution in [2.24, 2.45) is 0 Å². The van der Waals surface area contributed by atoms with Crippen LogP contribution in [0.25, 0.3) is 0 Å². The number of alkyl halides is 3. The van der Waals surface area contributed by atoms with E-state index in [9.17, 15) is 37.5 Å². The molecule has 4 N–H and O–H groups in total. The second-order valence-electron chi connectivity index (χ2n) is 8.33. The molecule has 0 unspecified atom stereocenters. The number of imide groups is 1. The number of carboxylic acid groups (broad SMARTS) is 1. The molecule has 9 nitrogen and oxygen atoms in total. The molecule has 3 amide bonds. The molecular weight excluding hydrogens is 481 g/mol. The lowest BCUT2D eigenvalue weighted by Gasteiger charge is -2.34. The Kier molecular flexibility index (Phi) is 8.30. The van der Waals surface area contributed by atoms with E-state index in [0.29, 0.717) is 29.9 Å². The number of hydrogen-bond acceptors (Lipinski definition) is 6. The van der Waals surface area contributed by atoms with Crippen molar-refractivity contribution in [3.8, 4) is 0 Å². The van der Waals surface area contributed by atoms with Gasteiger partial charge in [-0.3, -0.25) is 19.7 Å². The van der Waals surface area contributed by atoms with E-state index in [0.717, 1.165) is 6.54 Å². The molecule has 2 aliphatic rings. The number of halogens is 3. The van der Waals surface area contributed by atoms with Crippen LogP contribution < -0.4 is 20.9 Å². The van der Waals surface area contributed by atoms with Crippen LogP contribution in [0.4, 0.5) is 24.5 Å². The second-order valence-corrected chi connectivity index (χ2v) is 8.33. The highest BCUT2D eigenvalue weighted by atomic mass is 19.4. The van der Waals surface area contributed by atoms with Gasteiger partial charge in [0.05, 0.1) is 28.8 Å². The van der Waals surface area contributed by atoms with E-state index in [1.807, 2.05) is 11.8 Å². The number of aromatic carboxylic acids is 1. The summed E-state index contributed by atoms with van der Waals surface area (Å²) in [5.41, 5.74) is 1.48. The molecule has 192 valence electrons. The number of fused-ring (bicyclic) bond motifs is 1. The van der Waals surface area contributed by atoms with Crippen molar-refractivity contribution in [1.82, 2.24) is 10.6 Å². The highest BCUT2D eigenvalue weighted by molar-refractivity contribution is 6.21. The molecule has 36 heavy (non-hydrogen) atoms. The third-order valence-electron chi connectivity index (χ3n) is 5.52. The van der Waals surface area contributed by atoms with Crippen molar-refractivity contribution in [3.05, 3.63) is 59.2 Å². The van der Waals surface area contributed by atoms with Gasteiger partial charge in [-0.25, -0.2) is 4.79 Å². The average molecular weight is 506 g/mol. The van der Waals surface area contributed by atoms with Gasteiger partial charge < -0.3 is 20.6 Å². The van der Waals surface area contributed by atoms with E-state index in [4.69, 9.17) is 0 Å². The van der Waals surface area contributed by atoms with Gasteiger partial charge in [0.2, 0.25) is 5.91 Å². The first-order valence-electron chi connectivity index (χ1n) is 11.1. The van der Waals surface area contributed by atoms with Crippen molar-refractivity contribution in [1.29, 1.82) is 0 Å². The summed E-state index contributed by atoms with van der Waals surface area (Å²) in [5.74, 6) is -2.73. The molecule has 12 heteroatoms. The highest BCUT2D eigenvalue weighted by Gasteiger charge is 2.28. The Morgan fingerprint density at radius 2 is 1.75 bits per heavy atom. The van der Waals surface area contributed by atoms with Crippen molar-refractivity contribution >= 4 is 35.1 Å². The standard InChI is InChI=1S/C16H20F3N3O3.C8H5NO2/c1-10-9-22(7-6-20-10)11-2-3-13(12(8-11)15(24)25)21-14(23)4-5-16(17,18)19;10-7-5-3-1-2-4-6(5)8(11)9-7/h2-3,8,10,20H,4-7,9H2,1H3,(H,21,23)(H,24,25);1-4H,(H,9,10,11)/t10-;/m0./s1. The van der Waals surface area contributed by atoms with Gasteiger partial charge >= 0.3 is 12.1 Å². The van der Waals surface area contributed by atoms with Crippen LogP contribution in [0.3, 0.4) is 0 Å². The van der Waals surface area contributed by atoms with Crippen LogP contribution in [0.5, 0.6) is 0 Å². The molecule has 0 radical (unpaired) electrons. The highest BCUT2D eigenvalue weighted by Crippen LogP contribution is 2.26. The summed E-state index contributed by atoms with van der Waals surface area (Å²) >= 11 is 0. The largest absolute Gasteiger partial charge is 0.478 e. The number of amides is 3. The third kappa shape index (κ3) is 7.04. The van der Waals surface area contributed by atoms with Crippen molar-refractivity contribution < 1.29 is 37.5 Å². The Hall–Kier alpha value is -3.93. The van der Waals surface area contributed by atoms with Gasteiger partial charge in [0, 0.05) is 37.8 Å². The minimum Gasteiger partial charge on any atom is -0.478 e. The van der Waals surface area contributed by atoms with Gasteiger partial charge in [-0.1, -0.05) is 12.1 Å². The normalized spacial score (nSPS) is 17.0. The van der Waals surface area contributed by atoms with Gasteiger partial charge in [0.1, 0.15) is 0 Å². The first-order chi connectivity index (χ1) is 16.9. The Balaban J connectivity index is 0.000000270. The topological polar surface area (TPSA) is 128 Å². The maximum absolute atomic E-state index is 12.2. The summed E-state index contributed by atoms with van der Waals surface area (Å²) in [6, 6.07) is 11.5. The molecular formula is C24H25F3N4O5. The Morgan fingerprint density at radius 1 is 1.11 bits per heavy atom. The maximum atomic E-state index is 12.2. The molecule has 2 heterocycles. The number of nitrogens with one attached hydrogen (secondary N) is 3. The molecule has 4 rings (SSSR count). The SMILES string of the molecule is C[C@H]1CN(c2ccc(NC(=O)CCC(F)(F)F)c(C(=O)O)c2)CCN1.O=C1NC(=O)c2ccccc21. The number of carbonyl (C=O) groups is 4. The third-order valence-corrected chi connectivity index (χ3v) is 5.52. The Labute approximate surface area is 204 Å². The number of rotatable bonds is 5. The zero-order valence-electron chi connectivity index (χ0n) is 19.3. The number of anilines is 2. The molecule has 2 aromatic rings. The van der Waals surface area contributed by atoms with E-state index < -0.39 is 30.9 Å². The Morgan fingerprint density at radius 3 is 2.31 bits per heavy atom. The van der Waals surface area contributed by atoms with Gasteiger partial charge in [-0.05, 0) is 37.3 Å². The number of nitrogens with zero attached hydrogens (tertiary/aromatic N) is 1. The van der Waals surface area contributed by atoms with Crippen LogP contribution in [0.15, 0.2) is 42.5 Å². The molecule has 2 aromatic carbocycles. The Bertz CT molecular complexity index is 1140. The van der Waals surface area contributed by atoms with Crippen molar-refractivity contribution in [3.63, 3.8) is 0 Å². The fourth-order valence-electron chi connectivity index (χ4n) is 3.77. The lowest BCUT2D eigenvalue weighted by Crippen LogP contribution is -2.49. The second kappa shape index (κ2) is 11.2. The summed E-state index contributed by atoms with van der Waals surface area (Å²) in [6.07, 6.45) is -6.44. The molecule has 0 bridgehead atoms. The number of carbonyl (C=O) groups excluding carboxylic acids is 3. The summed E-state index contributed by atoms with van der Waals surface area (Å²) in [5, 5.41) is 17.1. The number of benzene rings is 2. The molecule has 1 saturated heterocycles. The van der Waals surface area contributed by atoms with Crippen LogP contribution in [0.2, 0.25) is 0 Å². The van der Waals surface area contributed by atoms with Crippen LogP contribution in [0.1, 0.15) is 50.8 Å². The fourth-order valence-corrected chi connectivity index (χ4v) is 3.77. The molecule has 1 fully saturated rings. The molecule has 0 spiro atoms. The van der Waals surface area contributed by atoms with Crippen LogP contribution >= 0.6 is 0 Å². The van der Waals surface area contributed by atoms with Crippen molar-refractivity contribution in [2.75, 3.05) is 29.9 Å². The summed E-state index contributed by atoms with van der Waals surface area (Å²) < 4.78 is 36.5. The van der Waals surface area contributed by atoms with E-state index in [1.165, 1.54) is 12.1 Å². The molecule has 0 aromatic heterocycles. The predicted molar refractivity (Wildman–Crippen MR) is 125 cm³/mol. The monoisotopic (exact) mass is 506 g/mol. The van der Waals surface area contributed by atoms with E-state index in [1.54, 1.807) is 30.3 Å². The first kappa shape index (κ1) is 26.7. The van der Waals surface area contributed by atoms with Gasteiger partial charge in [0.15, 0.2) is 0 Å². The minimum absolute atomic E-state index is 0.00777. The average Bonchev–Trinajstić information content (AvgIpc) is 3.11. The van der Waals surface area contributed by atoms with E-state index >= 15 is 0 Å². The fraction of sp³-hybridized carbons (Fsp3) is 0.333. The molecule has 0 saturated carbocycles. The predicted octanol–water partition coefficient (Wildman–Crippen LogP) is 3.03. The van der Waals surface area contributed by atoms with Crippen LogP contribution in [0, 0.1) is 0 Å². The number of carboxylic acids is 1. The van der Waals surface area contributed by atoms with Crippen LogP contribution in [-0.2, 0) is 4.79 Å². The van der Waals surface area contributed by atoms with Crippen molar-refractivity contribution in [2.45, 2.75) is 32.0 Å². The number of piperazine rings is 1. The smallest absolute Gasteiger partial charge is 0.389 e. The quantitative estimate of drug-likeness (QED) is 0.459. The minimum atomic E-state index is -4.43. The lowest BCUT2D eigenvalue weighted by molar-refractivity contribution is -0.142. The van der Waals surface area contributed by atoms with E-state index in [-0.39, 0.29) is 29.1 Å². The van der Waals surface area contributed by atoms with Gasteiger partial charge in [-0.15, -0.1) is 0 Å². The van der Waals surface area contributed by atoms with E-state index in [2.05, 4.69) is 16.0 Å². The zero-order valence-corrected chi connectivity index (χ0v) is 19.3. The van der Waals surface area contributed by atoms with Gasteiger partial charge in [0.25, 0.3) is 11.8 Å². The molecule has 2 aliphatic heterocycles. The first-order valence-corrected chi connectivity index (χ1v) is 11.1. The zero-order chi connectivity index (χ0) is 26.5. The maximum Gasteiger partial charge on any atom is 0.389 e. The molecule has 1 atom stereocenters. The summed E-state index contributed by atoms with van der Waals surface area (Å²) in [4.78, 5) is 47.0. The lowest BCUT2D eigenvalue weighted by atomic mass is 10.1. The molecule has 0 aliphatic carbocycles. The van der Waals surface area contributed by atoms with Crippen LogP contribution in [-0.4, -0.2) is 60.6 Å². The summed E-state index contributed by atoms with van der Waals surface area (Å²) in [6.45, 7) is 4.19. The number of hydrogen-bond donors (Lipinski definition) is 4. The summed E-state index contributed by atoms with van der Waals surface area (Å²) in [7, 11) is 0.